The van der Waals surface area contributed by atoms with Gasteiger partial charge in [-0.2, -0.15) is 5.10 Å². The Hall–Kier alpha value is -1.85. The van der Waals surface area contributed by atoms with Gasteiger partial charge in [-0.25, -0.2) is 0 Å². The van der Waals surface area contributed by atoms with Gasteiger partial charge in [-0.05, 0) is 30.2 Å². The lowest BCUT2D eigenvalue weighted by Crippen LogP contribution is -2.29. The van der Waals surface area contributed by atoms with Gasteiger partial charge in [-0.3, -0.25) is 16.0 Å². The number of nitrogens with two attached hydrogens (primary N) is 1. The number of unbranched alkanes of at least 4 members (excludes halogenated alkanes) is 1. The van der Waals surface area contributed by atoms with E-state index in [0.717, 1.165) is 42.9 Å². The molecule has 0 aliphatic rings. The predicted octanol–water partition coefficient (Wildman–Crippen LogP) is 2.35. The van der Waals surface area contributed by atoms with E-state index in [1.165, 1.54) is 0 Å². The first-order valence-corrected chi connectivity index (χ1v) is 7.40. The minimum Gasteiger partial charge on any atom is -0.494 e. The molecule has 1 aromatic carbocycles. The number of ether oxygens (including phenoxy) is 1. The highest BCUT2D eigenvalue weighted by molar-refractivity contribution is 5.29. The molecule has 3 N–H and O–H groups in total. The number of benzene rings is 1. The van der Waals surface area contributed by atoms with Crippen molar-refractivity contribution in [1.82, 2.24) is 15.2 Å². The molecule has 0 bridgehead atoms. The molecule has 0 aliphatic heterocycles. The van der Waals surface area contributed by atoms with Crippen molar-refractivity contribution >= 4 is 0 Å². The lowest BCUT2D eigenvalue weighted by Gasteiger charge is -2.15. The van der Waals surface area contributed by atoms with E-state index in [4.69, 9.17) is 10.6 Å². The summed E-state index contributed by atoms with van der Waals surface area (Å²) in [6.45, 7) is 2.92. The first-order chi connectivity index (χ1) is 10.2. The predicted molar refractivity (Wildman–Crippen MR) is 83.8 cm³/mol. The van der Waals surface area contributed by atoms with Crippen LogP contribution in [0, 0.1) is 0 Å². The minimum absolute atomic E-state index is 0.0459. The number of hydrazine groups is 1. The molecule has 1 aromatic heterocycles. The molecule has 5 heteroatoms. The Morgan fingerprint density at radius 1 is 1.29 bits per heavy atom. The molecule has 21 heavy (non-hydrogen) atoms. The summed E-state index contributed by atoms with van der Waals surface area (Å²) in [6.07, 6.45) is 4.91. The van der Waals surface area contributed by atoms with E-state index in [2.05, 4.69) is 29.6 Å². The maximum Gasteiger partial charge on any atom is 0.119 e. The second-order valence-electron chi connectivity index (χ2n) is 5.18. The molecule has 1 unspecified atom stereocenters. The SMILES string of the molecule is CCCCOc1ccc(C(Cc2ccn(C)n2)NN)cc1. The van der Waals surface area contributed by atoms with E-state index in [1.54, 1.807) is 4.68 Å². The molecule has 2 aromatic rings. The fraction of sp³-hybridized carbons (Fsp3) is 0.438. The van der Waals surface area contributed by atoms with Crippen LogP contribution in [0.4, 0.5) is 0 Å². The highest BCUT2D eigenvalue weighted by Gasteiger charge is 2.12. The minimum atomic E-state index is 0.0459. The second kappa shape index (κ2) is 7.81. The first kappa shape index (κ1) is 15.5. The highest BCUT2D eigenvalue weighted by Crippen LogP contribution is 2.20. The molecular weight excluding hydrogens is 264 g/mol. The zero-order valence-electron chi connectivity index (χ0n) is 12.7. The topological polar surface area (TPSA) is 65.1 Å². The molecule has 1 atom stereocenters. The van der Waals surface area contributed by atoms with Gasteiger partial charge in [0.1, 0.15) is 5.75 Å². The summed E-state index contributed by atoms with van der Waals surface area (Å²) >= 11 is 0. The summed E-state index contributed by atoms with van der Waals surface area (Å²) in [4.78, 5) is 0. The summed E-state index contributed by atoms with van der Waals surface area (Å²) in [7, 11) is 1.91. The zero-order chi connectivity index (χ0) is 15.1. The molecule has 0 aliphatic carbocycles. The molecule has 0 spiro atoms. The van der Waals surface area contributed by atoms with E-state index in [0.29, 0.717) is 0 Å². The molecule has 0 saturated heterocycles. The lowest BCUT2D eigenvalue weighted by molar-refractivity contribution is 0.309. The molecule has 0 radical (unpaired) electrons. The van der Waals surface area contributed by atoms with E-state index < -0.39 is 0 Å². The Bertz CT molecular complexity index is 535. The van der Waals surface area contributed by atoms with Crippen molar-refractivity contribution in [1.29, 1.82) is 0 Å². The third-order valence-corrected chi connectivity index (χ3v) is 3.43. The number of hydrogen-bond acceptors (Lipinski definition) is 4. The Morgan fingerprint density at radius 3 is 2.62 bits per heavy atom. The van der Waals surface area contributed by atoms with E-state index in [1.807, 2.05) is 31.4 Å². The molecule has 114 valence electrons. The van der Waals surface area contributed by atoms with Crippen LogP contribution in [0.3, 0.4) is 0 Å². The van der Waals surface area contributed by atoms with Gasteiger partial charge in [0.05, 0.1) is 18.3 Å². The number of hydrogen-bond donors (Lipinski definition) is 2. The van der Waals surface area contributed by atoms with Gasteiger partial charge in [0.15, 0.2) is 0 Å². The maximum absolute atomic E-state index is 5.68. The summed E-state index contributed by atoms with van der Waals surface area (Å²) in [5.41, 5.74) is 5.01. The monoisotopic (exact) mass is 288 g/mol. The van der Waals surface area contributed by atoms with Crippen molar-refractivity contribution in [2.45, 2.75) is 32.2 Å². The van der Waals surface area contributed by atoms with Gasteiger partial charge in [-0.1, -0.05) is 25.5 Å². The smallest absolute Gasteiger partial charge is 0.119 e. The Morgan fingerprint density at radius 2 is 2.05 bits per heavy atom. The average Bonchev–Trinajstić information content (AvgIpc) is 2.91. The van der Waals surface area contributed by atoms with Crippen LogP contribution in [0.2, 0.25) is 0 Å². The van der Waals surface area contributed by atoms with Crippen molar-refractivity contribution in [3.63, 3.8) is 0 Å². The Balaban J connectivity index is 1.98. The number of aryl methyl sites for hydroxylation is 1. The molecular formula is C16H24N4O. The van der Waals surface area contributed by atoms with Crippen LogP contribution in [-0.4, -0.2) is 16.4 Å². The summed E-state index contributed by atoms with van der Waals surface area (Å²) in [6, 6.07) is 10.1. The van der Waals surface area contributed by atoms with E-state index in [-0.39, 0.29) is 6.04 Å². The lowest BCUT2D eigenvalue weighted by atomic mass is 10.0. The molecule has 5 nitrogen and oxygen atoms in total. The summed E-state index contributed by atoms with van der Waals surface area (Å²) < 4.78 is 7.47. The van der Waals surface area contributed by atoms with Crippen molar-refractivity contribution in [3.05, 3.63) is 47.8 Å². The van der Waals surface area contributed by atoms with E-state index in [9.17, 15) is 0 Å². The maximum atomic E-state index is 5.68. The van der Waals surface area contributed by atoms with Gasteiger partial charge in [0.25, 0.3) is 0 Å². The van der Waals surface area contributed by atoms with Crippen LogP contribution in [0.15, 0.2) is 36.5 Å². The number of nitrogens with zero attached hydrogens (tertiary/aromatic N) is 2. The van der Waals surface area contributed by atoms with Crippen molar-refractivity contribution in [2.75, 3.05) is 6.61 Å². The molecule has 1 heterocycles. The quantitative estimate of drug-likeness (QED) is 0.444. The summed E-state index contributed by atoms with van der Waals surface area (Å²) in [5.74, 6) is 6.58. The third-order valence-electron chi connectivity index (χ3n) is 3.43. The molecule has 2 rings (SSSR count). The third kappa shape index (κ3) is 4.58. The fourth-order valence-electron chi connectivity index (χ4n) is 2.18. The van der Waals surface area contributed by atoms with Crippen molar-refractivity contribution in [2.24, 2.45) is 12.9 Å². The van der Waals surface area contributed by atoms with Crippen LogP contribution in [0.25, 0.3) is 0 Å². The van der Waals surface area contributed by atoms with E-state index >= 15 is 0 Å². The second-order valence-corrected chi connectivity index (χ2v) is 5.18. The Kier molecular flexibility index (Phi) is 5.78. The first-order valence-electron chi connectivity index (χ1n) is 7.40. The normalized spacial score (nSPS) is 12.3. The van der Waals surface area contributed by atoms with Crippen molar-refractivity contribution in [3.8, 4) is 5.75 Å². The van der Waals surface area contributed by atoms with Gasteiger partial charge in [-0.15, -0.1) is 0 Å². The van der Waals surface area contributed by atoms with Crippen LogP contribution in [0.1, 0.15) is 37.1 Å². The number of rotatable bonds is 8. The highest BCUT2D eigenvalue weighted by atomic mass is 16.5. The average molecular weight is 288 g/mol. The van der Waals surface area contributed by atoms with Crippen LogP contribution >= 0.6 is 0 Å². The Labute approximate surface area is 126 Å². The van der Waals surface area contributed by atoms with Crippen LogP contribution in [0.5, 0.6) is 5.75 Å². The number of aromatic nitrogens is 2. The van der Waals surface area contributed by atoms with Gasteiger partial charge in [0.2, 0.25) is 0 Å². The molecule has 0 saturated carbocycles. The molecule has 0 fully saturated rings. The van der Waals surface area contributed by atoms with Gasteiger partial charge < -0.3 is 4.74 Å². The van der Waals surface area contributed by atoms with Crippen LogP contribution in [-0.2, 0) is 13.5 Å². The molecule has 0 amide bonds. The number of nitrogens with one attached hydrogen (secondary N) is 1. The fourth-order valence-corrected chi connectivity index (χ4v) is 2.18. The summed E-state index contributed by atoms with van der Waals surface area (Å²) in [5, 5.41) is 4.39. The van der Waals surface area contributed by atoms with Crippen molar-refractivity contribution < 1.29 is 4.74 Å². The standard InChI is InChI=1S/C16H24N4O/c1-3-4-11-21-15-7-5-13(6-8-15)16(18-17)12-14-9-10-20(2)19-14/h5-10,16,18H,3-4,11-12,17H2,1-2H3. The van der Waals surface area contributed by atoms with Gasteiger partial charge >= 0.3 is 0 Å². The largest absolute Gasteiger partial charge is 0.494 e. The van der Waals surface area contributed by atoms with Crippen LogP contribution < -0.4 is 16.0 Å². The van der Waals surface area contributed by atoms with Gasteiger partial charge in [0, 0.05) is 19.7 Å². The zero-order valence-corrected chi connectivity index (χ0v) is 12.7.